The quantitative estimate of drug-likeness (QED) is 0.744. The summed E-state index contributed by atoms with van der Waals surface area (Å²) >= 11 is 0. The number of nitrogens with zero attached hydrogens (tertiary/aromatic N) is 1. The van der Waals surface area contributed by atoms with Crippen LogP contribution < -0.4 is 11.1 Å². The van der Waals surface area contributed by atoms with E-state index in [0.29, 0.717) is 6.04 Å². The number of nitrogens with two attached hydrogens (primary N) is 1. The summed E-state index contributed by atoms with van der Waals surface area (Å²) in [5, 5.41) is 3.29. The van der Waals surface area contributed by atoms with Crippen molar-refractivity contribution in [3.05, 3.63) is 0 Å². The first-order chi connectivity index (χ1) is 8.40. The second-order valence-electron chi connectivity index (χ2n) is 7.27. The number of hydrogen-bond acceptors (Lipinski definition) is 3. The third-order valence-electron chi connectivity index (χ3n) is 4.03. The van der Waals surface area contributed by atoms with Crippen molar-refractivity contribution in [2.24, 2.45) is 11.1 Å². The summed E-state index contributed by atoms with van der Waals surface area (Å²) < 4.78 is 0. The maximum absolute atomic E-state index is 11.7. The molecule has 3 N–H and O–H groups in total. The molecule has 2 unspecified atom stereocenters. The van der Waals surface area contributed by atoms with E-state index in [2.05, 4.69) is 45.0 Å². The van der Waals surface area contributed by atoms with E-state index < -0.39 is 5.54 Å². The molecule has 0 rings (SSSR count). The summed E-state index contributed by atoms with van der Waals surface area (Å²) in [5.41, 5.74) is 5.13. The van der Waals surface area contributed by atoms with Gasteiger partial charge in [0, 0.05) is 18.6 Å². The van der Waals surface area contributed by atoms with E-state index >= 15 is 0 Å². The summed E-state index contributed by atoms with van der Waals surface area (Å²) in [7, 11) is 2.10. The predicted octanol–water partition coefficient (Wildman–Crippen LogP) is 1.98. The van der Waals surface area contributed by atoms with Crippen LogP contribution in [-0.2, 0) is 4.79 Å². The fraction of sp³-hybridized carbons (Fsp3) is 0.933. The lowest BCUT2D eigenvalue weighted by atomic mass is 9.86. The smallest absolute Gasteiger partial charge is 0.237 e. The molecule has 0 saturated heterocycles. The molecule has 0 fully saturated rings. The molecule has 0 aliphatic rings. The Kier molecular flexibility index (Phi) is 6.49. The first kappa shape index (κ1) is 18.4. The standard InChI is InChI=1S/C15H33N3O/c1-11(2)17-15(7,13(16)19)9-10-18(8)12(3)14(4,5)6/h11-12,17H,9-10H2,1-8H3,(H2,16,19). The van der Waals surface area contributed by atoms with Crippen LogP contribution in [0.5, 0.6) is 0 Å². The Hall–Kier alpha value is -0.610. The third-order valence-corrected chi connectivity index (χ3v) is 4.03. The average molecular weight is 271 g/mol. The first-order valence-electron chi connectivity index (χ1n) is 7.18. The van der Waals surface area contributed by atoms with Crippen molar-refractivity contribution < 1.29 is 4.79 Å². The lowest BCUT2D eigenvalue weighted by molar-refractivity contribution is -0.124. The van der Waals surface area contributed by atoms with Crippen molar-refractivity contribution in [3.63, 3.8) is 0 Å². The zero-order chi connectivity index (χ0) is 15.4. The molecule has 114 valence electrons. The highest BCUT2D eigenvalue weighted by Crippen LogP contribution is 2.24. The molecule has 4 nitrogen and oxygen atoms in total. The van der Waals surface area contributed by atoms with E-state index in [-0.39, 0.29) is 17.4 Å². The van der Waals surface area contributed by atoms with Crippen LogP contribution in [-0.4, -0.2) is 42.0 Å². The Balaban J connectivity index is 4.61. The average Bonchev–Trinajstić information content (AvgIpc) is 2.22. The van der Waals surface area contributed by atoms with Gasteiger partial charge in [0.2, 0.25) is 5.91 Å². The summed E-state index contributed by atoms with van der Waals surface area (Å²) in [6.45, 7) is 15.7. The normalized spacial score (nSPS) is 17.6. The van der Waals surface area contributed by atoms with Gasteiger partial charge in [0.05, 0.1) is 5.54 Å². The van der Waals surface area contributed by atoms with Gasteiger partial charge in [-0.3, -0.25) is 4.79 Å². The number of hydrogen-bond donors (Lipinski definition) is 2. The minimum Gasteiger partial charge on any atom is -0.368 e. The molecule has 0 aromatic carbocycles. The summed E-state index contributed by atoms with van der Waals surface area (Å²) in [6.07, 6.45) is 0.720. The number of primary amides is 1. The monoisotopic (exact) mass is 271 g/mol. The van der Waals surface area contributed by atoms with Gasteiger partial charge in [-0.1, -0.05) is 20.8 Å². The minimum absolute atomic E-state index is 0.226. The van der Waals surface area contributed by atoms with Gasteiger partial charge in [-0.15, -0.1) is 0 Å². The lowest BCUT2D eigenvalue weighted by Crippen LogP contribution is -2.57. The topological polar surface area (TPSA) is 58.4 Å². The van der Waals surface area contributed by atoms with Gasteiger partial charge in [0.1, 0.15) is 0 Å². The second-order valence-corrected chi connectivity index (χ2v) is 7.27. The van der Waals surface area contributed by atoms with Crippen molar-refractivity contribution >= 4 is 5.91 Å². The van der Waals surface area contributed by atoms with Gasteiger partial charge in [0.15, 0.2) is 0 Å². The number of amides is 1. The minimum atomic E-state index is -0.639. The van der Waals surface area contributed by atoms with E-state index in [4.69, 9.17) is 5.73 Å². The molecule has 0 saturated carbocycles. The van der Waals surface area contributed by atoms with Crippen molar-refractivity contribution in [1.29, 1.82) is 0 Å². The molecule has 0 aromatic heterocycles. The number of nitrogens with one attached hydrogen (secondary N) is 1. The molecule has 0 spiro atoms. The second kappa shape index (κ2) is 6.71. The van der Waals surface area contributed by atoms with Crippen molar-refractivity contribution in [2.75, 3.05) is 13.6 Å². The molecule has 0 aliphatic heterocycles. The highest BCUT2D eigenvalue weighted by Gasteiger charge is 2.32. The van der Waals surface area contributed by atoms with Crippen LogP contribution in [0.25, 0.3) is 0 Å². The maximum Gasteiger partial charge on any atom is 0.237 e. The largest absolute Gasteiger partial charge is 0.368 e. The molecule has 2 atom stereocenters. The third kappa shape index (κ3) is 5.91. The molecule has 0 radical (unpaired) electrons. The summed E-state index contributed by atoms with van der Waals surface area (Å²) in [4.78, 5) is 14.0. The number of carbonyl (C=O) groups excluding carboxylic acids is 1. The van der Waals surface area contributed by atoms with Crippen LogP contribution in [0.3, 0.4) is 0 Å². The van der Waals surface area contributed by atoms with Crippen LogP contribution in [0.15, 0.2) is 0 Å². The lowest BCUT2D eigenvalue weighted by Gasteiger charge is -2.38. The molecule has 0 bridgehead atoms. The number of carbonyl (C=O) groups is 1. The van der Waals surface area contributed by atoms with Gasteiger partial charge in [0.25, 0.3) is 0 Å². The van der Waals surface area contributed by atoms with Crippen molar-refractivity contribution in [2.45, 2.75) is 72.5 Å². The number of rotatable bonds is 7. The van der Waals surface area contributed by atoms with Crippen LogP contribution in [0.1, 0.15) is 54.9 Å². The van der Waals surface area contributed by atoms with Gasteiger partial charge in [-0.05, 0) is 46.6 Å². The molecule has 19 heavy (non-hydrogen) atoms. The van der Waals surface area contributed by atoms with Gasteiger partial charge >= 0.3 is 0 Å². The Morgan fingerprint density at radius 2 is 1.68 bits per heavy atom. The Bertz CT molecular complexity index is 296. The van der Waals surface area contributed by atoms with Gasteiger partial charge in [-0.2, -0.15) is 0 Å². The van der Waals surface area contributed by atoms with Gasteiger partial charge < -0.3 is 16.0 Å². The predicted molar refractivity (Wildman–Crippen MR) is 82.0 cm³/mol. The van der Waals surface area contributed by atoms with Crippen LogP contribution in [0.2, 0.25) is 0 Å². The van der Waals surface area contributed by atoms with Gasteiger partial charge in [-0.25, -0.2) is 0 Å². The highest BCUT2D eigenvalue weighted by atomic mass is 16.1. The van der Waals surface area contributed by atoms with E-state index in [1.807, 2.05) is 20.8 Å². The summed E-state index contributed by atoms with van der Waals surface area (Å²) in [5.74, 6) is -0.280. The maximum atomic E-state index is 11.7. The van der Waals surface area contributed by atoms with Crippen LogP contribution >= 0.6 is 0 Å². The van der Waals surface area contributed by atoms with Crippen molar-refractivity contribution in [3.8, 4) is 0 Å². The van der Waals surface area contributed by atoms with E-state index in [1.54, 1.807) is 0 Å². The molecule has 4 heteroatoms. The Morgan fingerprint density at radius 3 is 2.00 bits per heavy atom. The van der Waals surface area contributed by atoms with E-state index in [0.717, 1.165) is 13.0 Å². The zero-order valence-corrected chi connectivity index (χ0v) is 14.0. The first-order valence-corrected chi connectivity index (χ1v) is 7.18. The van der Waals surface area contributed by atoms with E-state index in [1.165, 1.54) is 0 Å². The molecular formula is C15H33N3O. The fourth-order valence-electron chi connectivity index (χ4n) is 2.16. The summed E-state index contributed by atoms with van der Waals surface area (Å²) in [6, 6.07) is 0.687. The zero-order valence-electron chi connectivity index (χ0n) is 14.0. The molecular weight excluding hydrogens is 238 g/mol. The molecule has 0 aromatic rings. The molecule has 1 amide bonds. The van der Waals surface area contributed by atoms with Crippen LogP contribution in [0.4, 0.5) is 0 Å². The Morgan fingerprint density at radius 1 is 1.21 bits per heavy atom. The molecule has 0 aliphatic carbocycles. The Labute approximate surface area is 119 Å². The SMILES string of the molecule is CC(C)NC(C)(CCN(C)C(C)C(C)(C)C)C(N)=O. The highest BCUT2D eigenvalue weighted by molar-refractivity contribution is 5.84. The fourth-order valence-corrected chi connectivity index (χ4v) is 2.16. The van der Waals surface area contributed by atoms with Crippen LogP contribution in [0, 0.1) is 5.41 Å². The van der Waals surface area contributed by atoms with E-state index in [9.17, 15) is 4.79 Å². The molecule has 0 heterocycles. The van der Waals surface area contributed by atoms with Crippen molar-refractivity contribution in [1.82, 2.24) is 10.2 Å².